The Balaban J connectivity index is 1.59. The topological polar surface area (TPSA) is 112 Å². The van der Waals surface area contributed by atoms with Crippen LogP contribution >= 0.6 is 0 Å². The van der Waals surface area contributed by atoms with Crippen molar-refractivity contribution in [3.63, 3.8) is 0 Å². The predicted octanol–water partition coefficient (Wildman–Crippen LogP) is 4.03. The lowest BCUT2D eigenvalue weighted by atomic mass is 10.0. The molecule has 0 atom stereocenters. The zero-order valence-electron chi connectivity index (χ0n) is 16.3. The molecule has 0 fully saturated rings. The SMILES string of the molecule is O=C(O)/C(=C\c1c[nH]c2nc(NCS(=O)(=O)c3ccccc3)ccc12)c1ccccc1. The van der Waals surface area contributed by atoms with E-state index in [0.29, 0.717) is 22.6 Å². The molecule has 0 amide bonds. The van der Waals surface area contributed by atoms with Crippen molar-refractivity contribution in [1.29, 1.82) is 0 Å². The molecule has 2 aromatic heterocycles. The number of nitrogens with one attached hydrogen (secondary N) is 2. The highest BCUT2D eigenvalue weighted by Gasteiger charge is 2.15. The van der Waals surface area contributed by atoms with Gasteiger partial charge in [-0.3, -0.25) is 0 Å². The molecule has 156 valence electrons. The van der Waals surface area contributed by atoms with Crippen molar-refractivity contribution in [3.05, 3.63) is 90.1 Å². The van der Waals surface area contributed by atoms with Crippen molar-refractivity contribution in [2.75, 3.05) is 11.2 Å². The van der Waals surface area contributed by atoms with Crippen molar-refractivity contribution >= 4 is 44.3 Å². The maximum atomic E-state index is 12.4. The summed E-state index contributed by atoms with van der Waals surface area (Å²) in [6, 6.07) is 20.5. The number of rotatable bonds is 7. The molecule has 31 heavy (non-hydrogen) atoms. The summed E-state index contributed by atoms with van der Waals surface area (Å²) < 4.78 is 24.9. The molecule has 0 spiro atoms. The fourth-order valence-electron chi connectivity index (χ4n) is 3.17. The largest absolute Gasteiger partial charge is 0.478 e. The first-order valence-corrected chi connectivity index (χ1v) is 11.1. The second-order valence-electron chi connectivity index (χ2n) is 6.81. The van der Waals surface area contributed by atoms with E-state index in [1.54, 1.807) is 79.0 Å². The zero-order chi connectivity index (χ0) is 21.8. The maximum Gasteiger partial charge on any atom is 0.336 e. The molecule has 2 aromatic carbocycles. The molecule has 0 aliphatic heterocycles. The second-order valence-corrected chi connectivity index (χ2v) is 8.80. The molecule has 0 radical (unpaired) electrons. The number of fused-ring (bicyclic) bond motifs is 1. The maximum absolute atomic E-state index is 12.4. The minimum absolute atomic E-state index is 0.164. The first-order valence-electron chi connectivity index (χ1n) is 9.44. The van der Waals surface area contributed by atoms with E-state index in [1.807, 2.05) is 6.07 Å². The van der Waals surface area contributed by atoms with Crippen LogP contribution in [-0.4, -0.2) is 35.3 Å². The Kier molecular flexibility index (Phi) is 5.55. The van der Waals surface area contributed by atoms with E-state index >= 15 is 0 Å². The van der Waals surface area contributed by atoms with Gasteiger partial charge in [0, 0.05) is 17.1 Å². The molecule has 2 heterocycles. The lowest BCUT2D eigenvalue weighted by molar-refractivity contribution is -0.130. The molecule has 0 saturated heterocycles. The normalized spacial score (nSPS) is 12.1. The summed E-state index contributed by atoms with van der Waals surface area (Å²) in [5, 5.41) is 13.2. The summed E-state index contributed by atoms with van der Waals surface area (Å²) in [6.07, 6.45) is 3.26. The van der Waals surface area contributed by atoms with E-state index in [9.17, 15) is 18.3 Å². The van der Waals surface area contributed by atoms with Crippen molar-refractivity contribution in [2.24, 2.45) is 0 Å². The van der Waals surface area contributed by atoms with Gasteiger partial charge < -0.3 is 15.4 Å². The summed E-state index contributed by atoms with van der Waals surface area (Å²) in [5.41, 5.74) is 1.96. The number of carbonyl (C=O) groups is 1. The highest BCUT2D eigenvalue weighted by molar-refractivity contribution is 7.91. The van der Waals surface area contributed by atoms with Crippen LogP contribution in [0, 0.1) is 0 Å². The van der Waals surface area contributed by atoms with E-state index in [4.69, 9.17) is 0 Å². The molecule has 0 aliphatic rings. The van der Waals surface area contributed by atoms with Crippen molar-refractivity contribution in [3.8, 4) is 0 Å². The summed E-state index contributed by atoms with van der Waals surface area (Å²) in [4.78, 5) is 19.4. The molecule has 4 rings (SSSR count). The third kappa shape index (κ3) is 4.49. The van der Waals surface area contributed by atoms with E-state index < -0.39 is 15.8 Å². The van der Waals surface area contributed by atoms with Gasteiger partial charge in [-0.05, 0) is 35.9 Å². The Bertz CT molecular complexity index is 1360. The van der Waals surface area contributed by atoms with Gasteiger partial charge in [-0.1, -0.05) is 48.5 Å². The van der Waals surface area contributed by atoms with Crippen LogP contribution in [-0.2, 0) is 14.6 Å². The number of carboxylic acid groups (broad SMARTS) is 1. The summed E-state index contributed by atoms with van der Waals surface area (Å²) in [7, 11) is -3.50. The quantitative estimate of drug-likeness (QED) is 0.379. The van der Waals surface area contributed by atoms with Gasteiger partial charge >= 0.3 is 5.97 Å². The molecule has 0 aliphatic carbocycles. The highest BCUT2D eigenvalue weighted by Crippen LogP contribution is 2.25. The number of pyridine rings is 1. The van der Waals surface area contributed by atoms with E-state index in [1.165, 1.54) is 0 Å². The summed E-state index contributed by atoms with van der Waals surface area (Å²) >= 11 is 0. The Morgan fingerprint density at radius 2 is 1.68 bits per heavy atom. The molecule has 7 nitrogen and oxygen atoms in total. The van der Waals surface area contributed by atoms with Gasteiger partial charge in [-0.25, -0.2) is 18.2 Å². The number of H-pyrrole nitrogens is 1. The van der Waals surface area contributed by atoms with E-state index in [2.05, 4.69) is 15.3 Å². The van der Waals surface area contributed by atoms with Crippen LogP contribution < -0.4 is 5.32 Å². The Morgan fingerprint density at radius 1 is 1.00 bits per heavy atom. The predicted molar refractivity (Wildman–Crippen MR) is 120 cm³/mol. The smallest absolute Gasteiger partial charge is 0.336 e. The number of sulfone groups is 1. The molecule has 3 N–H and O–H groups in total. The molecule has 0 bridgehead atoms. The van der Waals surface area contributed by atoms with E-state index in [-0.39, 0.29) is 16.3 Å². The third-order valence-electron chi connectivity index (χ3n) is 4.73. The molecule has 4 aromatic rings. The van der Waals surface area contributed by atoms with Gasteiger partial charge in [0.2, 0.25) is 0 Å². The second kappa shape index (κ2) is 8.45. The van der Waals surface area contributed by atoms with E-state index in [0.717, 1.165) is 5.39 Å². The van der Waals surface area contributed by atoms with Gasteiger partial charge in [-0.2, -0.15) is 0 Å². The van der Waals surface area contributed by atoms with Crippen molar-refractivity contribution in [1.82, 2.24) is 9.97 Å². The molecular formula is C23H19N3O4S. The number of aromatic amines is 1. The molecule has 0 unspecified atom stereocenters. The standard InChI is InChI=1S/C23H19N3O4S/c27-23(28)20(16-7-3-1-4-8-16)13-17-14-24-22-19(17)11-12-21(26-22)25-15-31(29,30)18-9-5-2-6-10-18/h1-14H,15H2,(H,27,28)(H2,24,25,26)/b20-13-. The number of aliphatic carboxylic acids is 1. The first kappa shape index (κ1) is 20.4. The van der Waals surface area contributed by atoms with Gasteiger partial charge in [0.15, 0.2) is 9.84 Å². The van der Waals surface area contributed by atoms with Gasteiger partial charge in [-0.15, -0.1) is 0 Å². The van der Waals surface area contributed by atoms with Crippen LogP contribution in [0.3, 0.4) is 0 Å². The van der Waals surface area contributed by atoms with Crippen LogP contribution in [0.1, 0.15) is 11.1 Å². The first-order chi connectivity index (χ1) is 14.9. The van der Waals surface area contributed by atoms with Crippen molar-refractivity contribution < 1.29 is 18.3 Å². The molecule has 0 saturated carbocycles. The van der Waals surface area contributed by atoms with Crippen molar-refractivity contribution in [2.45, 2.75) is 4.90 Å². The average molecular weight is 433 g/mol. The van der Waals surface area contributed by atoms with Crippen LogP contribution in [0.25, 0.3) is 22.7 Å². The monoisotopic (exact) mass is 433 g/mol. The Hall–Kier alpha value is -3.91. The number of carboxylic acids is 1. The fourth-order valence-corrected chi connectivity index (χ4v) is 4.24. The van der Waals surface area contributed by atoms with Crippen LogP contribution in [0.15, 0.2) is 83.9 Å². The summed E-state index contributed by atoms with van der Waals surface area (Å²) in [6.45, 7) is 0. The Morgan fingerprint density at radius 3 is 2.35 bits per heavy atom. The molecular weight excluding hydrogens is 414 g/mol. The van der Waals surface area contributed by atoms with Crippen LogP contribution in [0.5, 0.6) is 0 Å². The third-order valence-corrected chi connectivity index (χ3v) is 6.25. The van der Waals surface area contributed by atoms with Gasteiger partial charge in [0.05, 0.1) is 10.5 Å². The summed E-state index contributed by atoms with van der Waals surface area (Å²) in [5.74, 6) is -0.927. The highest BCUT2D eigenvalue weighted by atomic mass is 32.2. The minimum atomic E-state index is -3.50. The Labute approximate surface area is 179 Å². The zero-order valence-corrected chi connectivity index (χ0v) is 17.1. The number of hydrogen-bond acceptors (Lipinski definition) is 5. The molecule has 8 heteroatoms. The number of hydrogen-bond donors (Lipinski definition) is 3. The van der Waals surface area contributed by atoms with Crippen LogP contribution in [0.2, 0.25) is 0 Å². The number of anilines is 1. The van der Waals surface area contributed by atoms with Crippen LogP contribution in [0.4, 0.5) is 5.82 Å². The lowest BCUT2D eigenvalue weighted by Gasteiger charge is -2.07. The number of benzene rings is 2. The number of nitrogens with zero attached hydrogens (tertiary/aromatic N) is 1. The van der Waals surface area contributed by atoms with Gasteiger partial charge in [0.25, 0.3) is 0 Å². The average Bonchev–Trinajstić information content (AvgIpc) is 3.19. The van der Waals surface area contributed by atoms with Gasteiger partial charge in [0.1, 0.15) is 17.3 Å². The number of aromatic nitrogens is 2. The lowest BCUT2D eigenvalue weighted by Crippen LogP contribution is -2.15. The fraction of sp³-hybridized carbons (Fsp3) is 0.0435. The minimum Gasteiger partial charge on any atom is -0.478 e.